The Morgan fingerprint density at radius 1 is 1.11 bits per heavy atom. The molecule has 0 unspecified atom stereocenters. The molecule has 0 fully saturated rings. The maximum Gasteiger partial charge on any atom is 0.122 e. The molecule has 0 radical (unpaired) electrons. The molecule has 2 heterocycles. The Morgan fingerprint density at radius 2 is 1.89 bits per heavy atom. The van der Waals surface area contributed by atoms with Crippen LogP contribution in [0.25, 0.3) is 0 Å². The first kappa shape index (κ1) is 13.6. The van der Waals surface area contributed by atoms with Gasteiger partial charge in [-0.25, -0.2) is 0 Å². The molecule has 2 aromatic heterocycles. The van der Waals surface area contributed by atoms with Gasteiger partial charge in [0.05, 0.1) is 25.0 Å². The molecule has 0 saturated heterocycles. The zero-order valence-corrected chi connectivity index (χ0v) is 12.1. The number of pyridine rings is 1. The number of hydrogen-bond donors (Lipinski definition) is 0. The van der Waals surface area contributed by atoms with Gasteiger partial charge in [0.15, 0.2) is 0 Å². The molecule has 0 amide bonds. The molecular formula is C15H21N3O. The minimum absolute atomic E-state index is 0.696. The number of ether oxygens (including phenoxy) is 1. The number of hydrogen-bond acceptors (Lipinski definition) is 3. The van der Waals surface area contributed by atoms with Crippen molar-refractivity contribution in [1.29, 1.82) is 0 Å². The van der Waals surface area contributed by atoms with Crippen molar-refractivity contribution in [1.82, 2.24) is 14.8 Å². The van der Waals surface area contributed by atoms with Gasteiger partial charge in [0.1, 0.15) is 5.75 Å². The molecule has 0 aliphatic heterocycles. The van der Waals surface area contributed by atoms with Gasteiger partial charge in [-0.15, -0.1) is 0 Å². The average Bonchev–Trinajstić information content (AvgIpc) is 2.80. The third-order valence-corrected chi connectivity index (χ3v) is 3.17. The van der Waals surface area contributed by atoms with E-state index in [2.05, 4.69) is 30.0 Å². The van der Waals surface area contributed by atoms with Crippen molar-refractivity contribution in [3.63, 3.8) is 0 Å². The van der Waals surface area contributed by atoms with Gasteiger partial charge in [-0.2, -0.15) is 5.10 Å². The van der Waals surface area contributed by atoms with E-state index in [1.54, 1.807) is 7.11 Å². The number of rotatable bonds is 5. The van der Waals surface area contributed by atoms with Crippen molar-refractivity contribution in [3.05, 3.63) is 41.0 Å². The number of aromatic nitrogens is 3. The Balaban J connectivity index is 2.29. The number of aryl methyl sites for hydroxylation is 3. The van der Waals surface area contributed by atoms with Crippen LogP contribution in [0.1, 0.15) is 36.6 Å². The second-order valence-corrected chi connectivity index (χ2v) is 4.63. The van der Waals surface area contributed by atoms with Crippen LogP contribution in [0.15, 0.2) is 18.2 Å². The van der Waals surface area contributed by atoms with E-state index in [4.69, 9.17) is 4.74 Å². The standard InChI is InChI=1S/C15H21N3O/c1-5-12-8-14(6-2)18(17-12)10-13-9-15(19-4)7-11(3)16-13/h7-9H,5-6,10H2,1-4H3. The molecule has 2 rings (SSSR count). The Kier molecular flexibility index (Phi) is 4.20. The fourth-order valence-electron chi connectivity index (χ4n) is 2.16. The Bertz CT molecular complexity index is 561. The SMILES string of the molecule is CCc1cc(CC)n(Cc2cc(OC)cc(C)n2)n1. The maximum atomic E-state index is 5.29. The van der Waals surface area contributed by atoms with Gasteiger partial charge >= 0.3 is 0 Å². The quantitative estimate of drug-likeness (QED) is 0.829. The average molecular weight is 259 g/mol. The summed E-state index contributed by atoms with van der Waals surface area (Å²) < 4.78 is 7.33. The lowest BCUT2D eigenvalue weighted by Crippen LogP contribution is -2.08. The summed E-state index contributed by atoms with van der Waals surface area (Å²) in [5.41, 5.74) is 4.34. The number of nitrogens with zero attached hydrogens (tertiary/aromatic N) is 3. The largest absolute Gasteiger partial charge is 0.497 e. The van der Waals surface area contributed by atoms with Gasteiger partial charge in [0.25, 0.3) is 0 Å². The van der Waals surface area contributed by atoms with Crippen molar-refractivity contribution in [3.8, 4) is 5.75 Å². The summed E-state index contributed by atoms with van der Waals surface area (Å²) in [7, 11) is 1.68. The monoisotopic (exact) mass is 259 g/mol. The predicted molar refractivity (Wildman–Crippen MR) is 75.6 cm³/mol. The summed E-state index contributed by atoms with van der Waals surface area (Å²) in [6.45, 7) is 6.95. The number of methoxy groups -OCH3 is 1. The molecule has 4 nitrogen and oxygen atoms in total. The van der Waals surface area contributed by atoms with Crippen molar-refractivity contribution in [2.24, 2.45) is 0 Å². The maximum absolute atomic E-state index is 5.29. The molecule has 0 aliphatic rings. The molecular weight excluding hydrogens is 238 g/mol. The van der Waals surface area contributed by atoms with Crippen LogP contribution < -0.4 is 4.74 Å². The van der Waals surface area contributed by atoms with Crippen molar-refractivity contribution in [2.45, 2.75) is 40.2 Å². The molecule has 0 aliphatic carbocycles. The molecule has 0 atom stereocenters. The fourth-order valence-corrected chi connectivity index (χ4v) is 2.16. The molecule has 0 saturated carbocycles. The molecule has 0 bridgehead atoms. The third-order valence-electron chi connectivity index (χ3n) is 3.17. The molecule has 0 aromatic carbocycles. The smallest absolute Gasteiger partial charge is 0.122 e. The van der Waals surface area contributed by atoms with Crippen LogP contribution in [0.4, 0.5) is 0 Å². The summed E-state index contributed by atoms with van der Waals surface area (Å²) in [5, 5.41) is 4.62. The minimum Gasteiger partial charge on any atom is -0.497 e. The van der Waals surface area contributed by atoms with Crippen molar-refractivity contribution >= 4 is 0 Å². The summed E-state index contributed by atoms with van der Waals surface area (Å²) in [6, 6.07) is 6.08. The van der Waals surface area contributed by atoms with Crippen LogP contribution in [0.2, 0.25) is 0 Å². The minimum atomic E-state index is 0.696. The molecule has 0 N–H and O–H groups in total. The lowest BCUT2D eigenvalue weighted by molar-refractivity contribution is 0.412. The topological polar surface area (TPSA) is 39.9 Å². The van der Waals surface area contributed by atoms with Crippen LogP contribution in [0.3, 0.4) is 0 Å². The molecule has 19 heavy (non-hydrogen) atoms. The van der Waals surface area contributed by atoms with Crippen LogP contribution in [0, 0.1) is 6.92 Å². The van der Waals surface area contributed by atoms with Crippen LogP contribution >= 0.6 is 0 Å². The van der Waals surface area contributed by atoms with Crippen molar-refractivity contribution in [2.75, 3.05) is 7.11 Å². The van der Waals surface area contributed by atoms with E-state index in [9.17, 15) is 0 Å². The molecule has 4 heteroatoms. The zero-order chi connectivity index (χ0) is 13.8. The summed E-state index contributed by atoms with van der Waals surface area (Å²) in [5.74, 6) is 0.850. The van der Waals surface area contributed by atoms with E-state index in [0.717, 1.165) is 35.7 Å². The van der Waals surface area contributed by atoms with Gasteiger partial charge in [-0.3, -0.25) is 9.67 Å². The van der Waals surface area contributed by atoms with Gasteiger partial charge in [-0.1, -0.05) is 13.8 Å². The van der Waals surface area contributed by atoms with Crippen LogP contribution in [0.5, 0.6) is 5.75 Å². The zero-order valence-electron chi connectivity index (χ0n) is 12.1. The lowest BCUT2D eigenvalue weighted by atomic mass is 10.2. The van der Waals surface area contributed by atoms with E-state index in [1.807, 2.05) is 23.7 Å². The first-order chi connectivity index (χ1) is 9.16. The summed E-state index contributed by atoms with van der Waals surface area (Å²) in [6.07, 6.45) is 1.94. The summed E-state index contributed by atoms with van der Waals surface area (Å²) in [4.78, 5) is 4.55. The highest BCUT2D eigenvalue weighted by molar-refractivity contribution is 5.27. The molecule has 0 spiro atoms. The molecule has 2 aromatic rings. The second-order valence-electron chi connectivity index (χ2n) is 4.63. The fraction of sp³-hybridized carbons (Fsp3) is 0.467. The third kappa shape index (κ3) is 3.13. The second kappa shape index (κ2) is 5.87. The first-order valence-corrected chi connectivity index (χ1v) is 6.73. The molecule has 102 valence electrons. The normalized spacial score (nSPS) is 10.7. The van der Waals surface area contributed by atoms with Gasteiger partial charge in [0, 0.05) is 23.5 Å². The van der Waals surface area contributed by atoms with E-state index in [0.29, 0.717) is 6.54 Å². The predicted octanol–water partition coefficient (Wildman–Crippen LogP) is 2.77. The van der Waals surface area contributed by atoms with Crippen molar-refractivity contribution < 1.29 is 4.74 Å². The van der Waals surface area contributed by atoms with Gasteiger partial charge in [-0.05, 0) is 25.8 Å². The Labute approximate surface area is 114 Å². The van der Waals surface area contributed by atoms with Crippen LogP contribution in [-0.2, 0) is 19.4 Å². The summed E-state index contributed by atoms with van der Waals surface area (Å²) >= 11 is 0. The van der Waals surface area contributed by atoms with Gasteiger partial charge < -0.3 is 4.74 Å². The Morgan fingerprint density at radius 3 is 2.53 bits per heavy atom. The van der Waals surface area contributed by atoms with Gasteiger partial charge in [0.2, 0.25) is 0 Å². The Hall–Kier alpha value is -1.84. The van der Waals surface area contributed by atoms with E-state index < -0.39 is 0 Å². The van der Waals surface area contributed by atoms with Crippen LogP contribution in [-0.4, -0.2) is 21.9 Å². The highest BCUT2D eigenvalue weighted by atomic mass is 16.5. The van der Waals surface area contributed by atoms with E-state index >= 15 is 0 Å². The lowest BCUT2D eigenvalue weighted by Gasteiger charge is -2.08. The highest BCUT2D eigenvalue weighted by Gasteiger charge is 2.08. The first-order valence-electron chi connectivity index (χ1n) is 6.73. The highest BCUT2D eigenvalue weighted by Crippen LogP contribution is 2.15. The van der Waals surface area contributed by atoms with E-state index in [-0.39, 0.29) is 0 Å². The van der Waals surface area contributed by atoms with E-state index in [1.165, 1.54) is 5.69 Å².